The van der Waals surface area contributed by atoms with Crippen LogP contribution in [0.3, 0.4) is 0 Å². The standard InChI is InChI=1S/C16H17FO/c1-10-8-11(2)16(18)14(9-10)12(3)13-6-4-5-7-15(13)17/h4-9,12,18H,1-3H3. The van der Waals surface area contributed by atoms with E-state index in [1.807, 2.05) is 39.0 Å². The van der Waals surface area contributed by atoms with Gasteiger partial charge in [0.1, 0.15) is 11.6 Å². The second-order valence-corrected chi connectivity index (χ2v) is 4.76. The lowest BCUT2D eigenvalue weighted by Gasteiger charge is -2.17. The lowest BCUT2D eigenvalue weighted by Crippen LogP contribution is -2.01. The number of halogens is 1. The van der Waals surface area contributed by atoms with Crippen LogP contribution in [0.2, 0.25) is 0 Å². The summed E-state index contributed by atoms with van der Waals surface area (Å²) >= 11 is 0. The van der Waals surface area contributed by atoms with E-state index in [4.69, 9.17) is 0 Å². The number of phenols is 1. The third kappa shape index (κ3) is 2.23. The van der Waals surface area contributed by atoms with E-state index in [1.54, 1.807) is 12.1 Å². The molecule has 2 aromatic rings. The van der Waals surface area contributed by atoms with Gasteiger partial charge in [0.25, 0.3) is 0 Å². The van der Waals surface area contributed by atoms with E-state index in [1.165, 1.54) is 6.07 Å². The highest BCUT2D eigenvalue weighted by atomic mass is 19.1. The lowest BCUT2D eigenvalue weighted by molar-refractivity contribution is 0.460. The van der Waals surface area contributed by atoms with Crippen LogP contribution in [-0.2, 0) is 0 Å². The summed E-state index contributed by atoms with van der Waals surface area (Å²) in [7, 11) is 0. The zero-order valence-corrected chi connectivity index (χ0v) is 10.9. The molecule has 0 fully saturated rings. The Morgan fingerprint density at radius 1 is 1.06 bits per heavy atom. The van der Waals surface area contributed by atoms with Crippen LogP contribution in [-0.4, -0.2) is 5.11 Å². The van der Waals surface area contributed by atoms with Gasteiger partial charge < -0.3 is 5.11 Å². The van der Waals surface area contributed by atoms with E-state index in [2.05, 4.69) is 0 Å². The number of aryl methyl sites for hydroxylation is 2. The van der Waals surface area contributed by atoms with Gasteiger partial charge in [-0.1, -0.05) is 42.8 Å². The van der Waals surface area contributed by atoms with Crippen molar-refractivity contribution in [2.24, 2.45) is 0 Å². The molecule has 2 heteroatoms. The minimum absolute atomic E-state index is 0.162. The molecular weight excluding hydrogens is 227 g/mol. The number of hydrogen-bond donors (Lipinski definition) is 1. The van der Waals surface area contributed by atoms with E-state index in [0.29, 0.717) is 5.56 Å². The first-order valence-electron chi connectivity index (χ1n) is 6.05. The largest absolute Gasteiger partial charge is 0.507 e. The van der Waals surface area contributed by atoms with Crippen LogP contribution in [0, 0.1) is 19.7 Å². The number of benzene rings is 2. The normalized spacial score (nSPS) is 12.4. The second kappa shape index (κ2) is 4.81. The fourth-order valence-corrected chi connectivity index (χ4v) is 2.32. The number of hydrogen-bond acceptors (Lipinski definition) is 1. The monoisotopic (exact) mass is 244 g/mol. The van der Waals surface area contributed by atoms with Gasteiger partial charge in [0.2, 0.25) is 0 Å². The molecule has 0 saturated heterocycles. The molecule has 0 aromatic heterocycles. The van der Waals surface area contributed by atoms with Crippen LogP contribution in [0.5, 0.6) is 5.75 Å². The first kappa shape index (κ1) is 12.6. The van der Waals surface area contributed by atoms with Crippen molar-refractivity contribution >= 4 is 0 Å². The van der Waals surface area contributed by atoms with Crippen molar-refractivity contribution in [1.29, 1.82) is 0 Å². The molecule has 1 nitrogen and oxygen atoms in total. The zero-order chi connectivity index (χ0) is 13.3. The summed E-state index contributed by atoms with van der Waals surface area (Å²) in [6.07, 6.45) is 0. The van der Waals surface area contributed by atoms with Crippen LogP contribution in [0.25, 0.3) is 0 Å². The maximum absolute atomic E-state index is 13.8. The highest BCUT2D eigenvalue weighted by molar-refractivity contribution is 5.47. The van der Waals surface area contributed by atoms with Gasteiger partial charge in [0, 0.05) is 11.5 Å². The Bertz CT molecular complexity index is 575. The molecule has 0 heterocycles. The Kier molecular flexibility index (Phi) is 3.37. The molecule has 0 spiro atoms. The van der Waals surface area contributed by atoms with Crippen molar-refractivity contribution in [2.75, 3.05) is 0 Å². The summed E-state index contributed by atoms with van der Waals surface area (Å²) in [5, 5.41) is 10.1. The SMILES string of the molecule is Cc1cc(C)c(O)c(C(C)c2ccccc2F)c1. The summed E-state index contributed by atoms with van der Waals surface area (Å²) in [5.74, 6) is -0.135. The summed E-state index contributed by atoms with van der Waals surface area (Å²) in [6.45, 7) is 5.75. The predicted molar refractivity (Wildman–Crippen MR) is 71.5 cm³/mol. The van der Waals surface area contributed by atoms with Crippen molar-refractivity contribution < 1.29 is 9.50 Å². The lowest BCUT2D eigenvalue weighted by atomic mass is 9.89. The molecule has 1 unspecified atom stereocenters. The van der Waals surface area contributed by atoms with Crippen molar-refractivity contribution in [1.82, 2.24) is 0 Å². The fraction of sp³-hybridized carbons (Fsp3) is 0.250. The van der Waals surface area contributed by atoms with E-state index in [-0.39, 0.29) is 17.5 Å². The highest BCUT2D eigenvalue weighted by Crippen LogP contribution is 2.34. The topological polar surface area (TPSA) is 20.2 Å². The van der Waals surface area contributed by atoms with Gasteiger partial charge in [-0.05, 0) is 31.0 Å². The molecule has 1 atom stereocenters. The molecule has 0 aliphatic carbocycles. The molecule has 0 amide bonds. The number of aromatic hydroxyl groups is 1. The predicted octanol–water partition coefficient (Wildman–Crippen LogP) is 4.30. The molecule has 0 radical (unpaired) electrons. The fourth-order valence-electron chi connectivity index (χ4n) is 2.32. The van der Waals surface area contributed by atoms with Gasteiger partial charge in [-0.15, -0.1) is 0 Å². The van der Waals surface area contributed by atoms with Gasteiger partial charge in [0.05, 0.1) is 0 Å². The first-order chi connectivity index (χ1) is 8.50. The van der Waals surface area contributed by atoms with E-state index < -0.39 is 0 Å². The van der Waals surface area contributed by atoms with E-state index >= 15 is 0 Å². The van der Waals surface area contributed by atoms with Crippen molar-refractivity contribution in [3.05, 3.63) is 64.5 Å². The number of phenolic OH excluding ortho intramolecular Hbond substituents is 1. The van der Waals surface area contributed by atoms with Crippen LogP contribution >= 0.6 is 0 Å². The molecule has 0 aliphatic rings. The van der Waals surface area contributed by atoms with Crippen LogP contribution in [0.1, 0.15) is 35.1 Å². The second-order valence-electron chi connectivity index (χ2n) is 4.76. The third-order valence-electron chi connectivity index (χ3n) is 3.31. The quantitative estimate of drug-likeness (QED) is 0.835. The summed E-state index contributed by atoms with van der Waals surface area (Å²) in [5.41, 5.74) is 3.28. The van der Waals surface area contributed by atoms with Crippen LogP contribution in [0.15, 0.2) is 36.4 Å². The Hall–Kier alpha value is -1.83. The van der Waals surface area contributed by atoms with Crippen molar-refractivity contribution in [3.63, 3.8) is 0 Å². The molecule has 0 saturated carbocycles. The van der Waals surface area contributed by atoms with E-state index in [9.17, 15) is 9.50 Å². The van der Waals surface area contributed by atoms with E-state index in [0.717, 1.165) is 16.7 Å². The van der Waals surface area contributed by atoms with Gasteiger partial charge in [-0.25, -0.2) is 4.39 Å². The van der Waals surface area contributed by atoms with Gasteiger partial charge in [-0.3, -0.25) is 0 Å². The molecule has 0 aliphatic heterocycles. The molecule has 94 valence electrons. The minimum atomic E-state index is -0.233. The maximum atomic E-state index is 13.8. The highest BCUT2D eigenvalue weighted by Gasteiger charge is 2.17. The van der Waals surface area contributed by atoms with Crippen molar-refractivity contribution in [3.8, 4) is 5.75 Å². The Balaban J connectivity index is 2.53. The molecule has 2 rings (SSSR count). The zero-order valence-electron chi connectivity index (χ0n) is 10.9. The Morgan fingerprint density at radius 3 is 2.39 bits per heavy atom. The summed E-state index contributed by atoms with van der Waals surface area (Å²) in [4.78, 5) is 0. The van der Waals surface area contributed by atoms with Crippen LogP contribution < -0.4 is 0 Å². The average molecular weight is 244 g/mol. The molecular formula is C16H17FO. The average Bonchev–Trinajstić information content (AvgIpc) is 2.33. The molecule has 2 aromatic carbocycles. The molecule has 18 heavy (non-hydrogen) atoms. The Morgan fingerprint density at radius 2 is 1.72 bits per heavy atom. The first-order valence-corrected chi connectivity index (χ1v) is 6.05. The van der Waals surface area contributed by atoms with Gasteiger partial charge in [-0.2, -0.15) is 0 Å². The molecule has 1 N–H and O–H groups in total. The smallest absolute Gasteiger partial charge is 0.127 e. The van der Waals surface area contributed by atoms with Gasteiger partial charge in [0.15, 0.2) is 0 Å². The van der Waals surface area contributed by atoms with Crippen molar-refractivity contribution in [2.45, 2.75) is 26.7 Å². The van der Waals surface area contributed by atoms with Gasteiger partial charge >= 0.3 is 0 Å². The summed E-state index contributed by atoms with van der Waals surface area (Å²) < 4.78 is 13.8. The number of rotatable bonds is 2. The molecule has 0 bridgehead atoms. The Labute approximate surface area is 107 Å². The maximum Gasteiger partial charge on any atom is 0.127 e. The van der Waals surface area contributed by atoms with Crippen LogP contribution in [0.4, 0.5) is 4.39 Å². The third-order valence-corrected chi connectivity index (χ3v) is 3.31. The summed E-state index contributed by atoms with van der Waals surface area (Å²) in [6, 6.07) is 10.5. The minimum Gasteiger partial charge on any atom is -0.507 e.